The number of para-hydroxylation sites is 1. The molecule has 1 aromatic carbocycles. The summed E-state index contributed by atoms with van der Waals surface area (Å²) in [5.74, 6) is 0.683. The van der Waals surface area contributed by atoms with E-state index in [0.717, 1.165) is 5.75 Å². The molecule has 1 unspecified atom stereocenters. The lowest BCUT2D eigenvalue weighted by Gasteiger charge is -2.16. The molecule has 1 aromatic rings. The van der Waals surface area contributed by atoms with Crippen molar-refractivity contribution in [2.24, 2.45) is 10.7 Å². The predicted octanol–water partition coefficient (Wildman–Crippen LogP) is 2.81. The van der Waals surface area contributed by atoms with E-state index in [1.165, 1.54) is 0 Å². The lowest BCUT2D eigenvalue weighted by molar-refractivity contribution is 0.0647. The molecule has 0 bridgehead atoms. The van der Waals surface area contributed by atoms with Gasteiger partial charge in [-0.3, -0.25) is 4.99 Å². The molecule has 0 aliphatic heterocycles. The molecule has 4 nitrogen and oxygen atoms in total. The molecule has 1 atom stereocenters. The lowest BCUT2D eigenvalue weighted by Crippen LogP contribution is -2.31. The molecule has 0 aliphatic rings. The predicted molar refractivity (Wildman–Crippen MR) is 79.5 cm³/mol. The lowest BCUT2D eigenvalue weighted by atomic mass is 10.3. The summed E-state index contributed by atoms with van der Waals surface area (Å²) < 4.78 is 9.07. The van der Waals surface area contributed by atoms with Crippen molar-refractivity contribution in [1.29, 1.82) is 0 Å². The highest BCUT2D eigenvalue weighted by molar-refractivity contribution is 6.76. The van der Waals surface area contributed by atoms with Crippen LogP contribution >= 0.6 is 34.8 Å². The van der Waals surface area contributed by atoms with Gasteiger partial charge in [0.05, 0.1) is 6.54 Å². The number of ether oxygens (including phenoxy) is 2. The number of rotatable bonds is 6. The number of alkyl halides is 3. The van der Waals surface area contributed by atoms with Crippen molar-refractivity contribution in [3.05, 3.63) is 30.3 Å². The average Bonchev–Trinajstić information content (AvgIpc) is 2.38. The Bertz CT molecular complexity index is 407. The Kier molecular flexibility index (Phi) is 6.72. The topological polar surface area (TPSA) is 56.8 Å². The van der Waals surface area contributed by atoms with E-state index in [1.807, 2.05) is 30.3 Å². The van der Waals surface area contributed by atoms with Crippen LogP contribution in [0.3, 0.4) is 0 Å². The Balaban J connectivity index is 2.47. The summed E-state index contributed by atoms with van der Waals surface area (Å²) in [6.45, 7) is 0.584. The number of hydrogen-bond donors (Lipinski definition) is 1. The first-order valence-electron chi connectivity index (χ1n) is 5.51. The number of amidine groups is 1. The Labute approximate surface area is 127 Å². The quantitative estimate of drug-likeness (QED) is 0.497. The van der Waals surface area contributed by atoms with Crippen LogP contribution in [0.4, 0.5) is 0 Å². The van der Waals surface area contributed by atoms with Crippen LogP contribution in [0.2, 0.25) is 0 Å². The fourth-order valence-corrected chi connectivity index (χ4v) is 1.37. The second-order valence-electron chi connectivity index (χ2n) is 3.71. The van der Waals surface area contributed by atoms with Crippen LogP contribution in [0.1, 0.15) is 0 Å². The van der Waals surface area contributed by atoms with Gasteiger partial charge in [-0.1, -0.05) is 53.0 Å². The van der Waals surface area contributed by atoms with Gasteiger partial charge in [0.15, 0.2) is 0 Å². The molecular weight excluding hydrogens is 311 g/mol. The molecule has 0 amide bonds. The van der Waals surface area contributed by atoms with E-state index in [1.54, 1.807) is 7.11 Å². The number of halogens is 3. The summed E-state index contributed by atoms with van der Waals surface area (Å²) in [7, 11) is 1.56. The number of methoxy groups -OCH3 is 1. The summed E-state index contributed by atoms with van der Waals surface area (Å²) in [6.07, 6.45) is -0.272. The van der Waals surface area contributed by atoms with E-state index in [2.05, 4.69) is 4.99 Å². The molecule has 7 heteroatoms. The van der Waals surface area contributed by atoms with Crippen molar-refractivity contribution in [3.8, 4) is 5.75 Å². The van der Waals surface area contributed by atoms with Gasteiger partial charge in [0, 0.05) is 7.11 Å². The second-order valence-corrected chi connectivity index (χ2v) is 5.99. The minimum atomic E-state index is -1.70. The first-order valence-corrected chi connectivity index (χ1v) is 6.64. The zero-order valence-corrected chi connectivity index (χ0v) is 12.6. The smallest absolute Gasteiger partial charge is 0.247 e. The third-order valence-corrected chi connectivity index (χ3v) is 2.85. The monoisotopic (exact) mass is 324 g/mol. The van der Waals surface area contributed by atoms with Gasteiger partial charge in [-0.2, -0.15) is 0 Å². The van der Waals surface area contributed by atoms with Gasteiger partial charge in [0.25, 0.3) is 0 Å². The van der Waals surface area contributed by atoms with Crippen molar-refractivity contribution >= 4 is 40.6 Å². The van der Waals surface area contributed by atoms with Crippen LogP contribution in [-0.4, -0.2) is 36.0 Å². The van der Waals surface area contributed by atoms with Crippen molar-refractivity contribution < 1.29 is 9.47 Å². The van der Waals surface area contributed by atoms with Crippen LogP contribution in [0.15, 0.2) is 35.3 Å². The van der Waals surface area contributed by atoms with Crippen LogP contribution in [0, 0.1) is 0 Å². The molecule has 0 saturated carbocycles. The van der Waals surface area contributed by atoms with Gasteiger partial charge in [-0.05, 0) is 12.1 Å². The maximum Gasteiger partial charge on any atom is 0.247 e. The number of hydrogen-bond acceptors (Lipinski definition) is 3. The average molecular weight is 326 g/mol. The van der Waals surface area contributed by atoms with E-state index in [-0.39, 0.29) is 18.5 Å². The van der Waals surface area contributed by atoms with Gasteiger partial charge in [0.1, 0.15) is 24.3 Å². The summed E-state index contributed by atoms with van der Waals surface area (Å²) in [6, 6.07) is 9.39. The van der Waals surface area contributed by atoms with E-state index < -0.39 is 3.79 Å². The molecule has 0 saturated heterocycles. The molecule has 19 heavy (non-hydrogen) atoms. The summed E-state index contributed by atoms with van der Waals surface area (Å²) in [5, 5.41) is 0. The molecule has 0 aliphatic carbocycles. The Morgan fingerprint density at radius 2 is 1.95 bits per heavy atom. The molecule has 0 heterocycles. The zero-order valence-electron chi connectivity index (χ0n) is 10.4. The molecule has 0 fully saturated rings. The summed E-state index contributed by atoms with van der Waals surface area (Å²) in [4.78, 5) is 3.97. The highest BCUT2D eigenvalue weighted by Crippen LogP contribution is 2.25. The standard InChI is InChI=1S/C12H15Cl3N2O2/c1-18-10(7-17-11(16)12(13,14)15)8-19-9-5-3-2-4-6-9/h2-6,10H,7-8H2,1H3,(H2,16,17). The number of nitrogens with zero attached hydrogens (tertiary/aromatic N) is 1. The number of benzene rings is 1. The molecule has 1 rings (SSSR count). The van der Waals surface area contributed by atoms with Crippen molar-refractivity contribution in [1.82, 2.24) is 0 Å². The van der Waals surface area contributed by atoms with Gasteiger partial charge >= 0.3 is 0 Å². The van der Waals surface area contributed by atoms with Crippen LogP contribution in [0.5, 0.6) is 5.75 Å². The van der Waals surface area contributed by atoms with Crippen LogP contribution in [0.25, 0.3) is 0 Å². The first-order chi connectivity index (χ1) is 8.93. The Hall–Kier alpha value is -0.680. The first kappa shape index (κ1) is 16.4. The minimum absolute atomic E-state index is 0.0701. The van der Waals surface area contributed by atoms with Gasteiger partial charge in [-0.15, -0.1) is 0 Å². The van der Waals surface area contributed by atoms with Crippen LogP contribution < -0.4 is 10.5 Å². The van der Waals surface area contributed by atoms with Crippen LogP contribution in [-0.2, 0) is 4.74 Å². The molecule has 0 spiro atoms. The number of aliphatic imine (C=N–C) groups is 1. The van der Waals surface area contributed by atoms with Crippen molar-refractivity contribution in [2.75, 3.05) is 20.3 Å². The SMILES string of the molecule is COC(CN=C(N)C(Cl)(Cl)Cl)COc1ccccc1. The maximum atomic E-state index is 5.59. The number of nitrogens with two attached hydrogens (primary N) is 1. The van der Waals surface area contributed by atoms with Gasteiger partial charge in [-0.25, -0.2) is 0 Å². The normalized spacial score (nSPS) is 14.2. The van der Waals surface area contributed by atoms with E-state index in [4.69, 9.17) is 50.0 Å². The highest BCUT2D eigenvalue weighted by atomic mass is 35.6. The van der Waals surface area contributed by atoms with Gasteiger partial charge in [0.2, 0.25) is 3.79 Å². The van der Waals surface area contributed by atoms with Crippen molar-refractivity contribution in [3.63, 3.8) is 0 Å². The fraction of sp³-hybridized carbons (Fsp3) is 0.417. The molecule has 2 N–H and O–H groups in total. The van der Waals surface area contributed by atoms with E-state index >= 15 is 0 Å². The molecule has 0 radical (unpaired) electrons. The molecule has 0 aromatic heterocycles. The van der Waals surface area contributed by atoms with E-state index in [0.29, 0.717) is 6.61 Å². The molecular formula is C12H15Cl3N2O2. The third kappa shape index (κ3) is 6.34. The Morgan fingerprint density at radius 3 is 2.47 bits per heavy atom. The maximum absolute atomic E-state index is 5.59. The highest BCUT2D eigenvalue weighted by Gasteiger charge is 2.25. The van der Waals surface area contributed by atoms with Crippen molar-refractivity contribution in [2.45, 2.75) is 9.90 Å². The molecule has 106 valence electrons. The van der Waals surface area contributed by atoms with E-state index in [9.17, 15) is 0 Å². The summed E-state index contributed by atoms with van der Waals surface area (Å²) in [5.41, 5.74) is 5.52. The van der Waals surface area contributed by atoms with Gasteiger partial charge < -0.3 is 15.2 Å². The fourth-order valence-electron chi connectivity index (χ4n) is 1.19. The second kappa shape index (κ2) is 7.80. The largest absolute Gasteiger partial charge is 0.491 e. The summed E-state index contributed by atoms with van der Waals surface area (Å²) >= 11 is 16.8. The zero-order chi connectivity index (χ0) is 14.3. The Morgan fingerprint density at radius 1 is 1.32 bits per heavy atom. The third-order valence-electron chi connectivity index (χ3n) is 2.27. The minimum Gasteiger partial charge on any atom is -0.491 e.